The van der Waals surface area contributed by atoms with Crippen LogP contribution in [0.3, 0.4) is 0 Å². The summed E-state index contributed by atoms with van der Waals surface area (Å²) in [5.74, 6) is 0.482. The van der Waals surface area contributed by atoms with Crippen molar-refractivity contribution in [3.05, 3.63) is 48.0 Å². The van der Waals surface area contributed by atoms with E-state index in [1.807, 2.05) is 30.3 Å². The van der Waals surface area contributed by atoms with Gasteiger partial charge in [-0.15, -0.1) is 26.6 Å². The highest BCUT2D eigenvalue weighted by Crippen LogP contribution is 2.23. The molecule has 0 saturated heterocycles. The minimum absolute atomic E-state index is 0.119. The van der Waals surface area contributed by atoms with Gasteiger partial charge in [-0.1, -0.05) is 18.2 Å². The molecule has 0 saturated carbocycles. The van der Waals surface area contributed by atoms with Crippen molar-refractivity contribution >= 4 is 22.6 Å². The molecule has 0 aliphatic rings. The van der Waals surface area contributed by atoms with E-state index in [1.165, 1.54) is 4.80 Å². The molecule has 1 N–H and O–H groups in total. The second-order valence-corrected chi connectivity index (χ2v) is 4.20. The Kier molecular flexibility index (Phi) is 2.64. The average Bonchev–Trinajstić information content (AvgIpc) is 2.81. The zero-order valence-corrected chi connectivity index (χ0v) is 10.2. The van der Waals surface area contributed by atoms with Crippen molar-refractivity contribution in [3.63, 3.8) is 0 Å². The Bertz CT molecular complexity index is 675. The molecule has 1 aromatic heterocycles. The fraction of sp³-hybridized carbons (Fsp3) is 0.0769. The number of aromatic nitrogens is 3. The van der Waals surface area contributed by atoms with Crippen molar-refractivity contribution in [1.29, 1.82) is 0 Å². The van der Waals surface area contributed by atoms with Crippen molar-refractivity contribution in [1.82, 2.24) is 15.0 Å². The third-order valence-electron chi connectivity index (χ3n) is 2.70. The Balaban J connectivity index is 2.14. The summed E-state index contributed by atoms with van der Waals surface area (Å²) in [6.45, 7) is 0. The summed E-state index contributed by atoms with van der Waals surface area (Å²) in [7, 11) is 0. The van der Waals surface area contributed by atoms with Gasteiger partial charge < -0.3 is 5.11 Å². The molecule has 90 valence electrons. The molecule has 0 radical (unpaired) electrons. The number of rotatable bonds is 2. The summed E-state index contributed by atoms with van der Waals surface area (Å²) in [6.07, 6.45) is 0. The van der Waals surface area contributed by atoms with E-state index in [0.29, 0.717) is 11.6 Å². The number of phenolic OH excluding ortho intramolecular Hbond substituents is 1. The molecule has 0 aliphatic heterocycles. The number of phenols is 1. The summed E-state index contributed by atoms with van der Waals surface area (Å²) < 4.78 is 0. The summed E-state index contributed by atoms with van der Waals surface area (Å²) in [5.41, 5.74) is 2.98. The van der Waals surface area contributed by atoms with Gasteiger partial charge in [0, 0.05) is 5.88 Å². The summed E-state index contributed by atoms with van der Waals surface area (Å²) in [6, 6.07) is 12.8. The van der Waals surface area contributed by atoms with Crippen LogP contribution in [0.4, 0.5) is 0 Å². The van der Waals surface area contributed by atoms with E-state index in [0.717, 1.165) is 16.6 Å². The molecule has 3 aromatic rings. The first-order chi connectivity index (χ1) is 8.78. The highest BCUT2D eigenvalue weighted by atomic mass is 35.5. The van der Waals surface area contributed by atoms with E-state index < -0.39 is 0 Å². The molecular formula is C13H10ClN3O. The van der Waals surface area contributed by atoms with Gasteiger partial charge in [-0.25, -0.2) is 0 Å². The van der Waals surface area contributed by atoms with E-state index in [-0.39, 0.29) is 5.75 Å². The Morgan fingerprint density at radius 1 is 1.06 bits per heavy atom. The first kappa shape index (κ1) is 11.0. The van der Waals surface area contributed by atoms with Gasteiger partial charge in [0.15, 0.2) is 0 Å². The molecule has 3 rings (SSSR count). The maximum atomic E-state index is 9.94. The second-order valence-electron chi connectivity index (χ2n) is 3.93. The van der Waals surface area contributed by atoms with Gasteiger partial charge in [-0.2, -0.15) is 0 Å². The van der Waals surface area contributed by atoms with E-state index in [2.05, 4.69) is 10.2 Å². The van der Waals surface area contributed by atoms with Gasteiger partial charge in [0.05, 0.1) is 0 Å². The highest BCUT2D eigenvalue weighted by molar-refractivity contribution is 6.17. The van der Waals surface area contributed by atoms with Gasteiger partial charge >= 0.3 is 0 Å². The third kappa shape index (κ3) is 1.80. The van der Waals surface area contributed by atoms with Crippen LogP contribution in [0.15, 0.2) is 42.5 Å². The molecule has 5 heteroatoms. The number of hydrogen-bond donors (Lipinski definition) is 1. The molecule has 1 heterocycles. The quantitative estimate of drug-likeness (QED) is 0.720. The predicted octanol–water partition coefficient (Wildman–Crippen LogP) is 2.86. The van der Waals surface area contributed by atoms with Crippen molar-refractivity contribution in [2.24, 2.45) is 0 Å². The van der Waals surface area contributed by atoms with Crippen molar-refractivity contribution in [2.45, 2.75) is 5.88 Å². The van der Waals surface area contributed by atoms with Crippen LogP contribution in [0.1, 0.15) is 5.56 Å². The van der Waals surface area contributed by atoms with Crippen LogP contribution in [-0.2, 0) is 5.88 Å². The van der Waals surface area contributed by atoms with Gasteiger partial charge in [-0.3, -0.25) is 0 Å². The standard InChI is InChI=1S/C13H10ClN3O/c14-8-9-5-6-12(13(18)7-9)17-15-10-3-1-2-4-11(10)16-17/h1-7,18H,8H2. The zero-order valence-electron chi connectivity index (χ0n) is 9.42. The molecule has 18 heavy (non-hydrogen) atoms. The number of nitrogens with zero attached hydrogens (tertiary/aromatic N) is 3. The Hall–Kier alpha value is -2.07. The van der Waals surface area contributed by atoms with Crippen molar-refractivity contribution < 1.29 is 5.11 Å². The van der Waals surface area contributed by atoms with Crippen LogP contribution in [0.5, 0.6) is 5.75 Å². The monoisotopic (exact) mass is 259 g/mol. The lowest BCUT2D eigenvalue weighted by atomic mass is 10.2. The zero-order chi connectivity index (χ0) is 12.5. The Morgan fingerprint density at radius 3 is 2.28 bits per heavy atom. The van der Waals surface area contributed by atoms with Crippen molar-refractivity contribution in [3.8, 4) is 11.4 Å². The number of fused-ring (bicyclic) bond motifs is 1. The number of halogens is 1. The maximum Gasteiger partial charge on any atom is 0.143 e. The van der Waals surface area contributed by atoms with E-state index >= 15 is 0 Å². The van der Waals surface area contributed by atoms with Gasteiger partial charge in [0.2, 0.25) is 0 Å². The van der Waals surface area contributed by atoms with E-state index in [9.17, 15) is 5.11 Å². The normalized spacial score (nSPS) is 10.9. The molecule has 0 unspecified atom stereocenters. The maximum absolute atomic E-state index is 9.94. The first-order valence-electron chi connectivity index (χ1n) is 5.48. The SMILES string of the molecule is Oc1cc(CCl)ccc1-n1nc2ccccc2n1. The largest absolute Gasteiger partial charge is 0.506 e. The highest BCUT2D eigenvalue weighted by Gasteiger charge is 2.08. The van der Waals surface area contributed by atoms with E-state index in [4.69, 9.17) is 11.6 Å². The second kappa shape index (κ2) is 4.31. The van der Waals surface area contributed by atoms with Crippen LogP contribution >= 0.6 is 11.6 Å². The van der Waals surface area contributed by atoms with E-state index in [1.54, 1.807) is 12.1 Å². The minimum atomic E-state index is 0.119. The summed E-state index contributed by atoms with van der Waals surface area (Å²) in [4.78, 5) is 1.43. The van der Waals surface area contributed by atoms with Gasteiger partial charge in [0.1, 0.15) is 22.5 Å². The third-order valence-corrected chi connectivity index (χ3v) is 3.00. The number of hydrogen-bond acceptors (Lipinski definition) is 3. The van der Waals surface area contributed by atoms with Crippen LogP contribution in [-0.4, -0.2) is 20.1 Å². The number of alkyl halides is 1. The Morgan fingerprint density at radius 2 is 1.72 bits per heavy atom. The molecule has 0 amide bonds. The molecule has 2 aromatic carbocycles. The fourth-order valence-corrected chi connectivity index (χ4v) is 1.95. The predicted molar refractivity (Wildman–Crippen MR) is 70.1 cm³/mol. The smallest absolute Gasteiger partial charge is 0.143 e. The number of benzene rings is 2. The topological polar surface area (TPSA) is 50.9 Å². The fourth-order valence-electron chi connectivity index (χ4n) is 1.79. The van der Waals surface area contributed by atoms with Gasteiger partial charge in [-0.05, 0) is 29.8 Å². The molecular weight excluding hydrogens is 250 g/mol. The van der Waals surface area contributed by atoms with Crippen LogP contribution in [0, 0.1) is 0 Å². The molecule has 0 fully saturated rings. The molecule has 4 nitrogen and oxygen atoms in total. The first-order valence-corrected chi connectivity index (χ1v) is 6.02. The summed E-state index contributed by atoms with van der Waals surface area (Å²) in [5, 5.41) is 18.6. The van der Waals surface area contributed by atoms with Crippen molar-refractivity contribution in [2.75, 3.05) is 0 Å². The summed E-state index contributed by atoms with van der Waals surface area (Å²) >= 11 is 5.71. The van der Waals surface area contributed by atoms with Crippen LogP contribution in [0.2, 0.25) is 0 Å². The average molecular weight is 260 g/mol. The molecule has 0 aliphatic carbocycles. The minimum Gasteiger partial charge on any atom is -0.506 e. The molecule has 0 bridgehead atoms. The molecule has 0 spiro atoms. The Labute approximate surface area is 108 Å². The lowest BCUT2D eigenvalue weighted by Crippen LogP contribution is -1.99. The lowest BCUT2D eigenvalue weighted by molar-refractivity contribution is 0.467. The lowest BCUT2D eigenvalue weighted by Gasteiger charge is -2.04. The van der Waals surface area contributed by atoms with Crippen LogP contribution < -0.4 is 0 Å². The molecule has 0 atom stereocenters. The number of aromatic hydroxyl groups is 1. The van der Waals surface area contributed by atoms with Gasteiger partial charge in [0.25, 0.3) is 0 Å². The van der Waals surface area contributed by atoms with Crippen LogP contribution in [0.25, 0.3) is 16.7 Å².